The predicted molar refractivity (Wildman–Crippen MR) is 130 cm³/mol. The topological polar surface area (TPSA) is 121 Å². The zero-order valence-corrected chi connectivity index (χ0v) is 19.1. The third kappa shape index (κ3) is 3.85. The minimum atomic E-state index is -0.121. The Hall–Kier alpha value is -4.27. The Morgan fingerprint density at radius 2 is 1.79 bits per heavy atom. The first-order valence-electron chi connectivity index (χ1n) is 11.1. The van der Waals surface area contributed by atoms with E-state index in [9.17, 15) is 9.59 Å². The minimum absolute atomic E-state index is 0.00543. The highest BCUT2D eigenvalue weighted by molar-refractivity contribution is 6.02. The van der Waals surface area contributed by atoms with Gasteiger partial charge in [0.25, 0.3) is 11.8 Å². The van der Waals surface area contributed by atoms with Gasteiger partial charge < -0.3 is 20.5 Å². The van der Waals surface area contributed by atoms with Crippen LogP contribution in [-0.2, 0) is 0 Å². The van der Waals surface area contributed by atoms with Crippen molar-refractivity contribution in [1.82, 2.24) is 29.7 Å². The summed E-state index contributed by atoms with van der Waals surface area (Å²) in [6.45, 7) is 1.57. The molecule has 0 saturated carbocycles. The van der Waals surface area contributed by atoms with E-state index in [1.165, 1.54) is 11.1 Å². The molecule has 2 amide bonds. The molecule has 34 heavy (non-hydrogen) atoms. The second-order valence-corrected chi connectivity index (χ2v) is 8.59. The number of H-pyrrole nitrogens is 1. The molecule has 0 bridgehead atoms. The molecule has 9 heteroatoms. The number of aromatic amines is 1. The lowest BCUT2D eigenvalue weighted by Gasteiger charge is -2.13. The Kier molecular flexibility index (Phi) is 5.45. The summed E-state index contributed by atoms with van der Waals surface area (Å²) in [7, 11) is 3.39. The van der Waals surface area contributed by atoms with Gasteiger partial charge in [0.2, 0.25) is 0 Å². The lowest BCUT2D eigenvalue weighted by molar-refractivity contribution is 0.0786. The fourth-order valence-corrected chi connectivity index (χ4v) is 4.25. The molecular formula is C25H25N7O2. The number of fused-ring (bicyclic) bond motifs is 1. The number of likely N-dealkylation sites (tertiary alicyclic amines) is 1. The SMILES string of the molecule is CN(C)C(=O)c1ccc(-c2cc(-c3ccnc4[nH]c(C(=O)N5CCCC5)cc34)cnc2N)nc1. The van der Waals surface area contributed by atoms with Crippen molar-refractivity contribution < 1.29 is 9.59 Å². The monoisotopic (exact) mass is 455 g/mol. The number of rotatable bonds is 4. The number of pyridine rings is 3. The van der Waals surface area contributed by atoms with E-state index < -0.39 is 0 Å². The molecule has 1 aliphatic rings. The zero-order valence-electron chi connectivity index (χ0n) is 19.1. The first-order chi connectivity index (χ1) is 16.4. The first-order valence-corrected chi connectivity index (χ1v) is 11.1. The maximum Gasteiger partial charge on any atom is 0.270 e. The van der Waals surface area contributed by atoms with Gasteiger partial charge in [-0.05, 0) is 48.7 Å². The number of nitrogens with one attached hydrogen (secondary N) is 1. The third-order valence-corrected chi connectivity index (χ3v) is 6.08. The average molecular weight is 456 g/mol. The van der Waals surface area contributed by atoms with Gasteiger partial charge in [-0.1, -0.05) is 0 Å². The van der Waals surface area contributed by atoms with Gasteiger partial charge in [-0.2, -0.15) is 0 Å². The van der Waals surface area contributed by atoms with Crippen molar-refractivity contribution in [3.8, 4) is 22.4 Å². The van der Waals surface area contributed by atoms with Gasteiger partial charge >= 0.3 is 0 Å². The van der Waals surface area contributed by atoms with Crippen LogP contribution in [0.5, 0.6) is 0 Å². The molecule has 0 atom stereocenters. The molecule has 5 heterocycles. The van der Waals surface area contributed by atoms with Gasteiger partial charge in [-0.15, -0.1) is 0 Å². The summed E-state index contributed by atoms with van der Waals surface area (Å²) in [6, 6.07) is 9.16. The molecule has 3 N–H and O–H groups in total. The number of carbonyl (C=O) groups is 2. The summed E-state index contributed by atoms with van der Waals surface area (Å²) >= 11 is 0. The van der Waals surface area contributed by atoms with Gasteiger partial charge in [0.1, 0.15) is 17.2 Å². The largest absolute Gasteiger partial charge is 0.383 e. The zero-order chi connectivity index (χ0) is 23.8. The van der Waals surface area contributed by atoms with Crippen molar-refractivity contribution in [2.45, 2.75) is 12.8 Å². The maximum atomic E-state index is 12.9. The van der Waals surface area contributed by atoms with E-state index >= 15 is 0 Å². The quantitative estimate of drug-likeness (QED) is 0.487. The molecule has 1 aliphatic heterocycles. The van der Waals surface area contributed by atoms with Crippen LogP contribution >= 0.6 is 0 Å². The lowest BCUT2D eigenvalue weighted by Crippen LogP contribution is -2.27. The molecule has 0 unspecified atom stereocenters. The number of amides is 2. The molecular weight excluding hydrogens is 430 g/mol. The predicted octanol–water partition coefficient (Wildman–Crippen LogP) is 3.21. The van der Waals surface area contributed by atoms with E-state index in [2.05, 4.69) is 19.9 Å². The van der Waals surface area contributed by atoms with Crippen LogP contribution in [0.4, 0.5) is 5.82 Å². The normalized spacial score (nSPS) is 13.4. The molecule has 9 nitrogen and oxygen atoms in total. The van der Waals surface area contributed by atoms with Crippen molar-refractivity contribution >= 4 is 28.7 Å². The van der Waals surface area contributed by atoms with Crippen LogP contribution in [0.15, 0.2) is 48.9 Å². The number of aromatic nitrogens is 4. The summed E-state index contributed by atoms with van der Waals surface area (Å²) in [4.78, 5) is 44.8. The number of anilines is 1. The van der Waals surface area contributed by atoms with Crippen molar-refractivity contribution in [2.24, 2.45) is 0 Å². The van der Waals surface area contributed by atoms with E-state index in [1.54, 1.807) is 38.6 Å². The molecule has 4 aromatic rings. The highest BCUT2D eigenvalue weighted by Crippen LogP contribution is 2.32. The van der Waals surface area contributed by atoms with Crippen molar-refractivity contribution in [1.29, 1.82) is 0 Å². The molecule has 0 aliphatic carbocycles. The second-order valence-electron chi connectivity index (χ2n) is 8.59. The summed E-state index contributed by atoms with van der Waals surface area (Å²) in [6.07, 6.45) is 7.01. The number of carbonyl (C=O) groups excluding carboxylic acids is 2. The van der Waals surface area contributed by atoms with Crippen LogP contribution in [0, 0.1) is 0 Å². The van der Waals surface area contributed by atoms with E-state index in [4.69, 9.17) is 5.73 Å². The van der Waals surface area contributed by atoms with Crippen LogP contribution < -0.4 is 5.73 Å². The fraction of sp³-hybridized carbons (Fsp3) is 0.240. The molecule has 0 radical (unpaired) electrons. The highest BCUT2D eigenvalue weighted by Gasteiger charge is 2.22. The van der Waals surface area contributed by atoms with E-state index in [1.807, 2.05) is 23.1 Å². The van der Waals surface area contributed by atoms with Crippen molar-refractivity contribution in [3.05, 3.63) is 60.2 Å². The Bertz CT molecular complexity index is 1390. The number of nitrogen functional groups attached to an aromatic ring is 1. The molecule has 0 aromatic carbocycles. The molecule has 1 fully saturated rings. The number of hydrogen-bond donors (Lipinski definition) is 2. The molecule has 4 aromatic heterocycles. The molecule has 1 saturated heterocycles. The van der Waals surface area contributed by atoms with Crippen LogP contribution in [-0.4, -0.2) is 68.7 Å². The Labute approximate surface area is 196 Å². The Morgan fingerprint density at radius 3 is 2.50 bits per heavy atom. The van der Waals surface area contributed by atoms with Gasteiger partial charge in [-0.3, -0.25) is 14.6 Å². The van der Waals surface area contributed by atoms with Gasteiger partial charge in [-0.25, -0.2) is 9.97 Å². The van der Waals surface area contributed by atoms with Gasteiger partial charge in [0.05, 0.1) is 11.3 Å². The summed E-state index contributed by atoms with van der Waals surface area (Å²) in [5.74, 6) is 0.214. The molecule has 5 rings (SSSR count). The number of hydrogen-bond acceptors (Lipinski definition) is 6. The minimum Gasteiger partial charge on any atom is -0.383 e. The van der Waals surface area contributed by atoms with Crippen molar-refractivity contribution in [2.75, 3.05) is 32.9 Å². The lowest BCUT2D eigenvalue weighted by atomic mass is 10.0. The smallest absolute Gasteiger partial charge is 0.270 e. The van der Waals surface area contributed by atoms with Crippen LogP contribution in [0.3, 0.4) is 0 Å². The first kappa shape index (κ1) is 21.6. The standard InChI is InChI=1S/C25H25N7O2/c1-31(2)24(33)15-5-6-20(28-13-15)19-11-16(14-29-22(19)26)17-7-8-27-23-18(17)12-21(30-23)25(34)32-9-3-4-10-32/h5-8,11-14H,3-4,9-10H2,1-2H3,(H2,26,29)(H,27,30). The second kappa shape index (κ2) is 8.58. The van der Waals surface area contributed by atoms with Gasteiger partial charge in [0, 0.05) is 62.3 Å². The highest BCUT2D eigenvalue weighted by atomic mass is 16.2. The summed E-state index contributed by atoms with van der Waals surface area (Å²) in [5.41, 5.74) is 10.8. The van der Waals surface area contributed by atoms with Gasteiger partial charge in [0.15, 0.2) is 0 Å². The van der Waals surface area contributed by atoms with Crippen LogP contribution in [0.25, 0.3) is 33.4 Å². The van der Waals surface area contributed by atoms with Crippen LogP contribution in [0.1, 0.15) is 33.7 Å². The summed E-state index contributed by atoms with van der Waals surface area (Å²) < 4.78 is 0. The molecule has 172 valence electrons. The third-order valence-electron chi connectivity index (χ3n) is 6.08. The number of nitrogens with zero attached hydrogens (tertiary/aromatic N) is 5. The Morgan fingerprint density at radius 1 is 1.00 bits per heavy atom. The van der Waals surface area contributed by atoms with E-state index in [-0.39, 0.29) is 11.8 Å². The van der Waals surface area contributed by atoms with Crippen molar-refractivity contribution in [3.63, 3.8) is 0 Å². The summed E-state index contributed by atoms with van der Waals surface area (Å²) in [5, 5.41) is 0.836. The van der Waals surface area contributed by atoms with E-state index in [0.717, 1.165) is 42.4 Å². The van der Waals surface area contributed by atoms with Crippen LogP contribution in [0.2, 0.25) is 0 Å². The molecule has 0 spiro atoms. The fourth-order valence-electron chi connectivity index (χ4n) is 4.25. The Balaban J connectivity index is 1.52. The average Bonchev–Trinajstić information content (AvgIpc) is 3.54. The maximum absolute atomic E-state index is 12.9. The number of nitrogens with two attached hydrogens (primary N) is 1. The van der Waals surface area contributed by atoms with E-state index in [0.29, 0.717) is 34.0 Å².